The average Bonchev–Trinajstić information content (AvgIpc) is 2.76. The molecule has 0 amide bonds. The first-order chi connectivity index (χ1) is 9.86. The molecule has 1 saturated heterocycles. The molecular formula is C14H19N3O3S. The standard InChI is InChI=1S/C14H19N3O3S/c1-9-5-10(2)8-17(7-9)21(19,20)11-3-4-12-13(6-11)16-14(18)15-12/h3-4,6,9-10H,5,7-8H2,1-2H3,(H2,15,16,18)/t9-,10+. The van der Waals surface area contributed by atoms with Crippen LogP contribution >= 0.6 is 0 Å². The van der Waals surface area contributed by atoms with Crippen LogP contribution in [-0.4, -0.2) is 35.8 Å². The molecule has 7 heteroatoms. The van der Waals surface area contributed by atoms with Gasteiger partial charge in [0.1, 0.15) is 0 Å². The van der Waals surface area contributed by atoms with Gasteiger partial charge < -0.3 is 9.97 Å². The van der Waals surface area contributed by atoms with Gasteiger partial charge >= 0.3 is 5.69 Å². The molecule has 3 rings (SSSR count). The van der Waals surface area contributed by atoms with Crippen molar-refractivity contribution in [3.63, 3.8) is 0 Å². The van der Waals surface area contributed by atoms with Crippen molar-refractivity contribution in [2.75, 3.05) is 13.1 Å². The number of benzene rings is 1. The van der Waals surface area contributed by atoms with Gasteiger partial charge in [-0.25, -0.2) is 13.2 Å². The molecule has 1 aromatic carbocycles. The number of aromatic nitrogens is 2. The summed E-state index contributed by atoms with van der Waals surface area (Å²) in [5.74, 6) is 0.721. The van der Waals surface area contributed by atoms with Gasteiger partial charge in [-0.3, -0.25) is 0 Å². The third-order valence-electron chi connectivity index (χ3n) is 3.96. The van der Waals surface area contributed by atoms with E-state index in [-0.39, 0.29) is 10.6 Å². The van der Waals surface area contributed by atoms with E-state index in [1.54, 1.807) is 16.4 Å². The molecule has 2 aromatic rings. The van der Waals surface area contributed by atoms with E-state index in [1.807, 2.05) is 0 Å². The zero-order valence-electron chi connectivity index (χ0n) is 12.1. The van der Waals surface area contributed by atoms with Crippen molar-refractivity contribution >= 4 is 21.1 Å². The smallest absolute Gasteiger partial charge is 0.306 e. The number of aromatic amines is 2. The number of sulfonamides is 1. The molecule has 2 atom stereocenters. The lowest BCUT2D eigenvalue weighted by Crippen LogP contribution is -2.42. The Morgan fingerprint density at radius 2 is 1.71 bits per heavy atom. The highest BCUT2D eigenvalue weighted by atomic mass is 32.2. The van der Waals surface area contributed by atoms with Crippen molar-refractivity contribution in [3.05, 3.63) is 28.7 Å². The summed E-state index contributed by atoms with van der Waals surface area (Å²) in [6.07, 6.45) is 1.05. The Morgan fingerprint density at radius 3 is 2.38 bits per heavy atom. The zero-order valence-corrected chi connectivity index (χ0v) is 12.9. The lowest BCUT2D eigenvalue weighted by molar-refractivity contribution is 0.222. The van der Waals surface area contributed by atoms with Crippen LogP contribution in [0.15, 0.2) is 27.9 Å². The minimum Gasteiger partial charge on any atom is -0.306 e. The van der Waals surface area contributed by atoms with Crippen LogP contribution in [0.4, 0.5) is 0 Å². The summed E-state index contributed by atoms with van der Waals surface area (Å²) in [6, 6.07) is 4.69. The Kier molecular flexibility index (Phi) is 3.41. The number of nitrogens with one attached hydrogen (secondary N) is 2. The molecule has 114 valence electrons. The fourth-order valence-corrected chi connectivity index (χ4v) is 4.83. The molecule has 0 radical (unpaired) electrons. The average molecular weight is 309 g/mol. The van der Waals surface area contributed by atoms with E-state index in [1.165, 1.54) is 6.07 Å². The molecule has 1 fully saturated rings. The van der Waals surface area contributed by atoms with Gasteiger partial charge in [0, 0.05) is 13.1 Å². The first-order valence-electron chi connectivity index (χ1n) is 7.08. The minimum atomic E-state index is -3.51. The Morgan fingerprint density at radius 1 is 1.10 bits per heavy atom. The van der Waals surface area contributed by atoms with Crippen molar-refractivity contribution in [1.82, 2.24) is 14.3 Å². The van der Waals surface area contributed by atoms with Crippen LogP contribution in [-0.2, 0) is 10.0 Å². The predicted molar refractivity (Wildman–Crippen MR) is 80.6 cm³/mol. The number of fused-ring (bicyclic) bond motifs is 1. The maximum Gasteiger partial charge on any atom is 0.323 e. The Labute approximate surface area is 123 Å². The molecule has 21 heavy (non-hydrogen) atoms. The molecule has 0 spiro atoms. The Bertz CT molecular complexity index is 811. The molecule has 0 unspecified atom stereocenters. The summed E-state index contributed by atoms with van der Waals surface area (Å²) in [6.45, 7) is 5.25. The largest absolute Gasteiger partial charge is 0.323 e. The van der Waals surface area contributed by atoms with Crippen LogP contribution in [0, 0.1) is 11.8 Å². The summed E-state index contributed by atoms with van der Waals surface area (Å²) in [5, 5.41) is 0. The number of nitrogens with zero attached hydrogens (tertiary/aromatic N) is 1. The third-order valence-corrected chi connectivity index (χ3v) is 5.79. The number of H-pyrrole nitrogens is 2. The molecule has 1 aliphatic rings. The highest BCUT2D eigenvalue weighted by molar-refractivity contribution is 7.89. The molecule has 6 nitrogen and oxygen atoms in total. The van der Waals surface area contributed by atoms with Gasteiger partial charge in [-0.2, -0.15) is 4.31 Å². The highest BCUT2D eigenvalue weighted by Crippen LogP contribution is 2.27. The predicted octanol–water partition coefficient (Wildman–Crippen LogP) is 1.52. The minimum absolute atomic E-state index is 0.228. The first kappa shape index (κ1) is 14.3. The summed E-state index contributed by atoms with van der Waals surface area (Å²) in [5.41, 5.74) is 0.790. The fourth-order valence-electron chi connectivity index (χ4n) is 3.12. The molecule has 0 saturated carbocycles. The quantitative estimate of drug-likeness (QED) is 0.882. The van der Waals surface area contributed by atoms with E-state index in [2.05, 4.69) is 23.8 Å². The molecule has 1 aromatic heterocycles. The summed E-state index contributed by atoms with van der Waals surface area (Å²) >= 11 is 0. The van der Waals surface area contributed by atoms with Crippen molar-refractivity contribution in [3.8, 4) is 0 Å². The second kappa shape index (κ2) is 4.99. The van der Waals surface area contributed by atoms with E-state index >= 15 is 0 Å². The monoisotopic (exact) mass is 309 g/mol. The molecular weight excluding hydrogens is 290 g/mol. The van der Waals surface area contributed by atoms with Crippen LogP contribution in [0.5, 0.6) is 0 Å². The third kappa shape index (κ3) is 2.63. The maximum atomic E-state index is 12.8. The van der Waals surface area contributed by atoms with Crippen molar-refractivity contribution in [1.29, 1.82) is 0 Å². The normalized spacial score (nSPS) is 24.5. The van der Waals surface area contributed by atoms with Gasteiger partial charge in [0.2, 0.25) is 10.0 Å². The summed E-state index contributed by atoms with van der Waals surface area (Å²) in [7, 11) is -3.51. The molecule has 2 heterocycles. The van der Waals surface area contributed by atoms with Gasteiger partial charge in [-0.15, -0.1) is 0 Å². The van der Waals surface area contributed by atoms with E-state index in [0.29, 0.717) is 36.0 Å². The molecule has 0 aliphatic carbocycles. The van der Waals surface area contributed by atoms with E-state index < -0.39 is 10.0 Å². The van der Waals surface area contributed by atoms with Crippen molar-refractivity contribution in [2.24, 2.45) is 11.8 Å². The number of rotatable bonds is 2. The molecule has 0 bridgehead atoms. The molecule has 2 N–H and O–H groups in total. The number of imidazole rings is 1. The van der Waals surface area contributed by atoms with Gasteiger partial charge in [0.15, 0.2) is 0 Å². The summed E-state index contributed by atoms with van der Waals surface area (Å²) < 4.78 is 27.1. The lowest BCUT2D eigenvalue weighted by atomic mass is 9.94. The second-order valence-corrected chi connectivity index (χ2v) is 7.99. The Balaban J connectivity index is 2.01. The Hall–Kier alpha value is -1.60. The highest BCUT2D eigenvalue weighted by Gasteiger charge is 2.31. The van der Waals surface area contributed by atoms with Gasteiger partial charge in [0.05, 0.1) is 15.9 Å². The lowest BCUT2D eigenvalue weighted by Gasteiger charge is -2.34. The topological polar surface area (TPSA) is 86.0 Å². The number of piperidine rings is 1. The van der Waals surface area contributed by atoms with Gasteiger partial charge in [0.25, 0.3) is 0 Å². The fraction of sp³-hybridized carbons (Fsp3) is 0.500. The van der Waals surface area contributed by atoms with Gasteiger partial charge in [-0.05, 0) is 36.5 Å². The van der Waals surface area contributed by atoms with E-state index in [0.717, 1.165) is 6.42 Å². The van der Waals surface area contributed by atoms with Crippen molar-refractivity contribution in [2.45, 2.75) is 25.2 Å². The first-order valence-corrected chi connectivity index (χ1v) is 8.52. The van der Waals surface area contributed by atoms with Crippen LogP contribution in [0.25, 0.3) is 11.0 Å². The number of hydrogen-bond acceptors (Lipinski definition) is 3. The van der Waals surface area contributed by atoms with Crippen LogP contribution in [0.3, 0.4) is 0 Å². The summed E-state index contributed by atoms with van der Waals surface area (Å²) in [4.78, 5) is 16.7. The van der Waals surface area contributed by atoms with E-state index in [4.69, 9.17) is 0 Å². The van der Waals surface area contributed by atoms with Crippen LogP contribution in [0.1, 0.15) is 20.3 Å². The zero-order chi connectivity index (χ0) is 15.2. The maximum absolute atomic E-state index is 12.8. The second-order valence-electron chi connectivity index (χ2n) is 6.05. The molecule has 1 aliphatic heterocycles. The van der Waals surface area contributed by atoms with E-state index in [9.17, 15) is 13.2 Å². The SMILES string of the molecule is C[C@@H]1C[C@H](C)CN(S(=O)(=O)c2ccc3[nH]c(=O)[nH]c3c2)C1. The van der Waals surface area contributed by atoms with Crippen LogP contribution < -0.4 is 5.69 Å². The number of hydrogen-bond donors (Lipinski definition) is 2. The van der Waals surface area contributed by atoms with Crippen LogP contribution in [0.2, 0.25) is 0 Å². The van der Waals surface area contributed by atoms with Gasteiger partial charge in [-0.1, -0.05) is 13.8 Å². The van der Waals surface area contributed by atoms with Crippen molar-refractivity contribution < 1.29 is 8.42 Å².